The minimum absolute atomic E-state index is 0.0721. The summed E-state index contributed by atoms with van der Waals surface area (Å²) in [4.78, 5) is 29.9. The van der Waals surface area contributed by atoms with E-state index >= 15 is 0 Å². The van der Waals surface area contributed by atoms with Gasteiger partial charge in [-0.3, -0.25) is 9.69 Å². The molecular weight excluding hydrogens is 316 g/mol. The van der Waals surface area contributed by atoms with Crippen LogP contribution in [-0.4, -0.2) is 31.4 Å². The number of aromatic amines is 2. The van der Waals surface area contributed by atoms with Crippen molar-refractivity contribution in [1.29, 1.82) is 0 Å². The van der Waals surface area contributed by atoms with Crippen LogP contribution in [0.3, 0.4) is 0 Å². The molecule has 0 atom stereocenters. The molecule has 25 heavy (non-hydrogen) atoms. The van der Waals surface area contributed by atoms with Crippen LogP contribution in [0, 0.1) is 6.92 Å². The second-order valence-corrected chi connectivity index (χ2v) is 6.44. The van der Waals surface area contributed by atoms with Crippen LogP contribution in [0.25, 0.3) is 11.4 Å². The van der Waals surface area contributed by atoms with Crippen molar-refractivity contribution < 1.29 is 0 Å². The van der Waals surface area contributed by atoms with Crippen LogP contribution < -0.4 is 11.3 Å². The minimum Gasteiger partial charge on any atom is -0.399 e. The van der Waals surface area contributed by atoms with E-state index in [-0.39, 0.29) is 5.56 Å². The number of aromatic nitrogens is 4. The molecule has 128 valence electrons. The highest BCUT2D eigenvalue weighted by atomic mass is 16.1. The summed E-state index contributed by atoms with van der Waals surface area (Å²) in [5, 5.41) is 0. The molecular formula is C18H20N6O. The zero-order valence-corrected chi connectivity index (χ0v) is 14.0. The maximum Gasteiger partial charge on any atom is 0.255 e. The molecule has 1 aliphatic heterocycles. The molecule has 7 nitrogen and oxygen atoms in total. The van der Waals surface area contributed by atoms with Crippen molar-refractivity contribution in [3.63, 3.8) is 0 Å². The third-order valence-electron chi connectivity index (χ3n) is 4.46. The minimum atomic E-state index is -0.0721. The first kappa shape index (κ1) is 15.6. The zero-order chi connectivity index (χ0) is 17.4. The summed E-state index contributed by atoms with van der Waals surface area (Å²) in [6.07, 6.45) is 2.57. The van der Waals surface area contributed by atoms with Gasteiger partial charge in [-0.25, -0.2) is 9.97 Å². The van der Waals surface area contributed by atoms with E-state index in [1.54, 1.807) is 0 Å². The van der Waals surface area contributed by atoms with Crippen molar-refractivity contribution >= 4 is 5.69 Å². The highest BCUT2D eigenvalue weighted by Gasteiger charge is 2.22. The van der Waals surface area contributed by atoms with E-state index in [0.717, 1.165) is 41.3 Å². The van der Waals surface area contributed by atoms with Gasteiger partial charge in [-0.1, -0.05) is 0 Å². The number of nitrogens with one attached hydrogen (secondary N) is 2. The molecule has 4 rings (SSSR count). The fourth-order valence-electron chi connectivity index (χ4n) is 3.15. The maximum atomic E-state index is 12.6. The summed E-state index contributed by atoms with van der Waals surface area (Å²) < 4.78 is 0. The third kappa shape index (κ3) is 3.18. The lowest BCUT2D eigenvalue weighted by Crippen LogP contribution is -2.35. The number of benzene rings is 1. The average molecular weight is 336 g/mol. The number of rotatable bonds is 3. The first-order valence-electron chi connectivity index (χ1n) is 8.29. The Kier molecular flexibility index (Phi) is 3.85. The van der Waals surface area contributed by atoms with E-state index in [2.05, 4.69) is 24.8 Å². The van der Waals surface area contributed by atoms with Crippen molar-refractivity contribution in [3.8, 4) is 11.4 Å². The Labute approximate surface area is 144 Å². The number of nitrogens with zero attached hydrogens (tertiary/aromatic N) is 3. The monoisotopic (exact) mass is 336 g/mol. The lowest BCUT2D eigenvalue weighted by molar-refractivity contribution is 0.236. The number of fused-ring (bicyclic) bond motifs is 1. The van der Waals surface area contributed by atoms with E-state index < -0.39 is 0 Å². The Morgan fingerprint density at radius 3 is 2.76 bits per heavy atom. The fourth-order valence-corrected chi connectivity index (χ4v) is 3.15. The fraction of sp³-hybridized carbons (Fsp3) is 0.278. The molecule has 4 N–H and O–H groups in total. The van der Waals surface area contributed by atoms with Crippen LogP contribution in [0.2, 0.25) is 0 Å². The number of imidazole rings is 1. The average Bonchev–Trinajstić information content (AvgIpc) is 3.01. The predicted octanol–water partition coefficient (Wildman–Crippen LogP) is 1.61. The summed E-state index contributed by atoms with van der Waals surface area (Å²) in [6, 6.07) is 7.35. The SMILES string of the molecule is Cc1cnc(CN2CCc3nc(-c4ccc(N)cc4)[nH]c(=O)c3C2)[nH]1. The summed E-state index contributed by atoms with van der Waals surface area (Å²) >= 11 is 0. The second-order valence-electron chi connectivity index (χ2n) is 6.44. The van der Waals surface area contributed by atoms with Gasteiger partial charge in [0.15, 0.2) is 0 Å². The summed E-state index contributed by atoms with van der Waals surface area (Å²) in [7, 11) is 0. The number of nitrogen functional groups attached to an aromatic ring is 1. The molecule has 1 aromatic carbocycles. The van der Waals surface area contributed by atoms with Gasteiger partial charge in [-0.2, -0.15) is 0 Å². The van der Waals surface area contributed by atoms with E-state index in [4.69, 9.17) is 5.73 Å². The Balaban J connectivity index is 1.59. The van der Waals surface area contributed by atoms with E-state index in [1.165, 1.54) is 0 Å². The Bertz CT molecular complexity index is 956. The van der Waals surface area contributed by atoms with Gasteiger partial charge >= 0.3 is 0 Å². The van der Waals surface area contributed by atoms with Crippen LogP contribution in [0.15, 0.2) is 35.3 Å². The standard InChI is InChI=1S/C18H20N6O/c1-11-8-20-16(21-11)10-24-7-6-15-14(9-24)18(25)23-17(22-15)12-2-4-13(19)5-3-12/h2-5,8H,6-7,9-10,19H2,1H3,(H,20,21)(H,22,23,25). The molecule has 3 aromatic rings. The quantitative estimate of drug-likeness (QED) is 0.630. The number of anilines is 1. The number of aryl methyl sites for hydroxylation is 1. The molecule has 0 saturated carbocycles. The van der Waals surface area contributed by atoms with Crippen LogP contribution >= 0.6 is 0 Å². The van der Waals surface area contributed by atoms with Gasteiger partial charge in [0.2, 0.25) is 0 Å². The van der Waals surface area contributed by atoms with E-state index in [0.29, 0.717) is 24.6 Å². The van der Waals surface area contributed by atoms with Crippen molar-refractivity contribution in [3.05, 3.63) is 63.6 Å². The molecule has 0 bridgehead atoms. The summed E-state index contributed by atoms with van der Waals surface area (Å²) in [5.41, 5.74) is 9.86. The third-order valence-corrected chi connectivity index (χ3v) is 4.46. The second kappa shape index (κ2) is 6.18. The van der Waals surface area contributed by atoms with Gasteiger partial charge < -0.3 is 15.7 Å². The van der Waals surface area contributed by atoms with Gasteiger partial charge in [0, 0.05) is 42.7 Å². The normalized spacial score (nSPS) is 14.4. The first-order chi connectivity index (χ1) is 12.1. The summed E-state index contributed by atoms with van der Waals surface area (Å²) in [5.74, 6) is 1.52. The first-order valence-corrected chi connectivity index (χ1v) is 8.29. The molecule has 0 radical (unpaired) electrons. The number of H-pyrrole nitrogens is 2. The highest BCUT2D eigenvalue weighted by Crippen LogP contribution is 2.20. The molecule has 2 aromatic heterocycles. The molecule has 7 heteroatoms. The largest absolute Gasteiger partial charge is 0.399 e. The molecule has 3 heterocycles. The highest BCUT2D eigenvalue weighted by molar-refractivity contribution is 5.58. The molecule has 0 fully saturated rings. The maximum absolute atomic E-state index is 12.6. The van der Waals surface area contributed by atoms with Gasteiger partial charge in [-0.05, 0) is 31.2 Å². The van der Waals surface area contributed by atoms with Crippen LogP contribution in [-0.2, 0) is 19.5 Å². The molecule has 0 aliphatic carbocycles. The van der Waals surface area contributed by atoms with Gasteiger partial charge in [0.25, 0.3) is 5.56 Å². The molecule has 0 unspecified atom stereocenters. The zero-order valence-electron chi connectivity index (χ0n) is 14.0. The topological polar surface area (TPSA) is 104 Å². The number of hydrogen-bond acceptors (Lipinski definition) is 5. The van der Waals surface area contributed by atoms with E-state index in [9.17, 15) is 4.79 Å². The Hall–Kier alpha value is -2.93. The van der Waals surface area contributed by atoms with Gasteiger partial charge in [0.1, 0.15) is 11.6 Å². The van der Waals surface area contributed by atoms with Gasteiger partial charge in [-0.15, -0.1) is 0 Å². The Morgan fingerprint density at radius 1 is 1.24 bits per heavy atom. The van der Waals surface area contributed by atoms with E-state index in [1.807, 2.05) is 37.4 Å². The van der Waals surface area contributed by atoms with Crippen molar-refractivity contribution in [2.75, 3.05) is 12.3 Å². The summed E-state index contributed by atoms with van der Waals surface area (Å²) in [6.45, 7) is 4.12. The molecule has 0 saturated heterocycles. The molecule has 0 spiro atoms. The predicted molar refractivity (Wildman–Crippen MR) is 95.8 cm³/mol. The molecule has 1 aliphatic rings. The number of nitrogens with two attached hydrogens (primary N) is 1. The lowest BCUT2D eigenvalue weighted by Gasteiger charge is -2.26. The van der Waals surface area contributed by atoms with Crippen molar-refractivity contribution in [1.82, 2.24) is 24.8 Å². The smallest absolute Gasteiger partial charge is 0.255 e. The van der Waals surface area contributed by atoms with Crippen LogP contribution in [0.5, 0.6) is 0 Å². The Morgan fingerprint density at radius 2 is 2.04 bits per heavy atom. The van der Waals surface area contributed by atoms with Crippen LogP contribution in [0.4, 0.5) is 5.69 Å². The number of hydrogen-bond donors (Lipinski definition) is 3. The molecule has 0 amide bonds. The lowest BCUT2D eigenvalue weighted by atomic mass is 10.1. The van der Waals surface area contributed by atoms with Crippen molar-refractivity contribution in [2.24, 2.45) is 0 Å². The van der Waals surface area contributed by atoms with Crippen LogP contribution in [0.1, 0.15) is 22.8 Å². The van der Waals surface area contributed by atoms with Gasteiger partial charge in [0.05, 0.1) is 17.8 Å². The van der Waals surface area contributed by atoms with Crippen molar-refractivity contribution in [2.45, 2.75) is 26.4 Å².